The van der Waals surface area contributed by atoms with Crippen molar-refractivity contribution < 1.29 is 18.8 Å². The molecule has 0 aliphatic rings. The third-order valence-corrected chi connectivity index (χ3v) is 5.56. The number of amides is 1. The summed E-state index contributed by atoms with van der Waals surface area (Å²) in [4.78, 5) is 29.3. The van der Waals surface area contributed by atoms with E-state index in [1.807, 2.05) is 23.1 Å². The Morgan fingerprint density at radius 1 is 1.34 bits per heavy atom. The number of thioether (sulfide) groups is 1. The van der Waals surface area contributed by atoms with Crippen molar-refractivity contribution in [2.24, 2.45) is 0 Å². The van der Waals surface area contributed by atoms with Gasteiger partial charge in [0.15, 0.2) is 6.61 Å². The fourth-order valence-electron chi connectivity index (χ4n) is 2.42. The van der Waals surface area contributed by atoms with Crippen molar-refractivity contribution in [2.75, 3.05) is 12.0 Å². The molecule has 29 heavy (non-hydrogen) atoms. The van der Waals surface area contributed by atoms with Crippen LogP contribution < -0.4 is 5.32 Å². The lowest BCUT2D eigenvalue weighted by atomic mass is 10.1. The van der Waals surface area contributed by atoms with Gasteiger partial charge in [-0.3, -0.25) is 4.79 Å². The lowest BCUT2D eigenvalue weighted by Crippen LogP contribution is -2.42. The maximum absolute atomic E-state index is 12.5. The molecule has 0 saturated heterocycles. The fraction of sp³-hybridized carbons (Fsp3) is 0.263. The number of thiophene rings is 1. The van der Waals surface area contributed by atoms with Crippen molar-refractivity contribution in [3.8, 4) is 11.4 Å². The van der Waals surface area contributed by atoms with Crippen LogP contribution in [0, 0.1) is 0 Å². The zero-order chi connectivity index (χ0) is 20.6. The second-order valence-corrected chi connectivity index (χ2v) is 8.09. The Morgan fingerprint density at radius 3 is 2.90 bits per heavy atom. The van der Waals surface area contributed by atoms with E-state index in [1.54, 1.807) is 36.0 Å². The molecule has 152 valence electrons. The molecule has 2 heterocycles. The Hall–Kier alpha value is -2.36. The molecular formula is C19H18ClN3O4S2. The number of hydrogen-bond acceptors (Lipinski definition) is 8. The molecular weight excluding hydrogens is 434 g/mol. The highest BCUT2D eigenvalue weighted by atomic mass is 35.5. The van der Waals surface area contributed by atoms with Gasteiger partial charge in [-0.2, -0.15) is 28.1 Å². The van der Waals surface area contributed by atoms with E-state index in [2.05, 4.69) is 15.5 Å². The highest BCUT2D eigenvalue weighted by Gasteiger charge is 2.24. The van der Waals surface area contributed by atoms with Crippen LogP contribution in [0.5, 0.6) is 0 Å². The molecule has 1 unspecified atom stereocenters. The summed E-state index contributed by atoms with van der Waals surface area (Å²) in [6, 6.07) is 7.70. The molecule has 3 aromatic rings. The van der Waals surface area contributed by atoms with E-state index in [1.165, 1.54) is 11.3 Å². The van der Waals surface area contributed by atoms with Gasteiger partial charge in [-0.1, -0.05) is 28.9 Å². The van der Waals surface area contributed by atoms with Crippen LogP contribution in [0.4, 0.5) is 0 Å². The van der Waals surface area contributed by atoms with Gasteiger partial charge in [-0.25, -0.2) is 4.79 Å². The Labute approximate surface area is 180 Å². The third kappa shape index (κ3) is 5.81. The lowest BCUT2D eigenvalue weighted by molar-refractivity contribution is -0.148. The van der Waals surface area contributed by atoms with Crippen molar-refractivity contribution in [1.29, 1.82) is 0 Å². The number of carbonyl (C=O) groups excluding carboxylic acids is 2. The molecule has 0 saturated carbocycles. The SMILES string of the molecule is CSCCC(NC(=O)c1ccccc1Cl)C(=O)OCc1nc(-c2ccsc2)no1. The average Bonchev–Trinajstić information content (AvgIpc) is 3.41. The monoisotopic (exact) mass is 451 g/mol. The second-order valence-electron chi connectivity index (χ2n) is 5.92. The van der Waals surface area contributed by atoms with Crippen LogP contribution in [0.2, 0.25) is 5.02 Å². The van der Waals surface area contributed by atoms with Gasteiger partial charge in [-0.15, -0.1) is 0 Å². The Kier molecular flexibility index (Phi) is 7.68. The standard InChI is InChI=1S/C19H18ClN3O4S2/c1-28-8-7-15(21-18(24)13-4-2-3-5-14(13)20)19(25)26-10-16-22-17(23-27-16)12-6-9-29-11-12/h2-6,9,11,15H,7-8,10H2,1H3,(H,21,24). The summed E-state index contributed by atoms with van der Waals surface area (Å²) in [6.45, 7) is -0.173. The molecule has 0 aliphatic carbocycles. The van der Waals surface area contributed by atoms with E-state index in [9.17, 15) is 9.59 Å². The van der Waals surface area contributed by atoms with Gasteiger partial charge in [0, 0.05) is 10.9 Å². The maximum atomic E-state index is 12.5. The molecule has 0 spiro atoms. The zero-order valence-corrected chi connectivity index (χ0v) is 17.9. The van der Waals surface area contributed by atoms with Gasteiger partial charge in [0.2, 0.25) is 5.82 Å². The number of nitrogens with zero attached hydrogens (tertiary/aromatic N) is 2. The first-order chi connectivity index (χ1) is 14.1. The number of esters is 1. The number of benzene rings is 1. The first-order valence-electron chi connectivity index (χ1n) is 8.64. The molecule has 0 bridgehead atoms. The molecule has 3 rings (SSSR count). The molecule has 0 fully saturated rings. The average molecular weight is 452 g/mol. The Bertz CT molecular complexity index is 962. The van der Waals surface area contributed by atoms with Crippen LogP contribution in [0.1, 0.15) is 22.7 Å². The summed E-state index contributed by atoms with van der Waals surface area (Å²) in [5, 5.41) is 10.7. The van der Waals surface area contributed by atoms with Crippen molar-refractivity contribution in [2.45, 2.75) is 19.1 Å². The predicted molar refractivity (Wildman–Crippen MR) is 113 cm³/mol. The number of aromatic nitrogens is 2. The number of halogens is 1. The van der Waals surface area contributed by atoms with Gasteiger partial charge >= 0.3 is 5.97 Å². The van der Waals surface area contributed by atoms with Crippen molar-refractivity contribution >= 4 is 46.6 Å². The normalized spacial score (nSPS) is 11.8. The van der Waals surface area contributed by atoms with Crippen molar-refractivity contribution in [3.63, 3.8) is 0 Å². The Morgan fingerprint density at radius 2 is 2.17 bits per heavy atom. The molecule has 1 N–H and O–H groups in total. The number of carbonyl (C=O) groups is 2. The predicted octanol–water partition coefficient (Wildman–Crippen LogP) is 4.05. The van der Waals surface area contributed by atoms with Gasteiger partial charge < -0.3 is 14.6 Å². The van der Waals surface area contributed by atoms with E-state index in [0.29, 0.717) is 28.6 Å². The molecule has 0 aliphatic heterocycles. The maximum Gasteiger partial charge on any atom is 0.329 e. The topological polar surface area (TPSA) is 94.3 Å². The van der Waals surface area contributed by atoms with Gasteiger partial charge in [0.25, 0.3) is 11.8 Å². The third-order valence-electron chi connectivity index (χ3n) is 3.90. The molecule has 0 radical (unpaired) electrons. The number of rotatable bonds is 9. The molecule has 7 nitrogen and oxygen atoms in total. The van der Waals surface area contributed by atoms with E-state index in [0.717, 1.165) is 5.56 Å². The van der Waals surface area contributed by atoms with Crippen LogP contribution in [-0.2, 0) is 16.1 Å². The highest BCUT2D eigenvalue weighted by Crippen LogP contribution is 2.19. The van der Waals surface area contributed by atoms with Gasteiger partial charge in [0.05, 0.1) is 10.6 Å². The zero-order valence-electron chi connectivity index (χ0n) is 15.5. The second kappa shape index (κ2) is 10.4. The quantitative estimate of drug-likeness (QED) is 0.490. The summed E-state index contributed by atoms with van der Waals surface area (Å²) in [7, 11) is 0. The smallest absolute Gasteiger partial charge is 0.329 e. The largest absolute Gasteiger partial charge is 0.454 e. The molecule has 2 aromatic heterocycles. The van der Waals surface area contributed by atoms with Crippen molar-refractivity contribution in [3.05, 3.63) is 57.6 Å². The van der Waals surface area contributed by atoms with E-state index in [-0.39, 0.29) is 12.5 Å². The van der Waals surface area contributed by atoms with Crippen LogP contribution >= 0.6 is 34.7 Å². The first-order valence-corrected chi connectivity index (χ1v) is 11.4. The summed E-state index contributed by atoms with van der Waals surface area (Å²) in [6.07, 6.45) is 2.34. The Balaban J connectivity index is 1.61. The van der Waals surface area contributed by atoms with E-state index in [4.69, 9.17) is 20.9 Å². The van der Waals surface area contributed by atoms with Crippen LogP contribution in [0.3, 0.4) is 0 Å². The number of hydrogen-bond donors (Lipinski definition) is 1. The van der Waals surface area contributed by atoms with E-state index >= 15 is 0 Å². The highest BCUT2D eigenvalue weighted by molar-refractivity contribution is 7.98. The molecule has 1 aromatic carbocycles. The fourth-order valence-corrected chi connectivity index (χ4v) is 3.75. The minimum absolute atomic E-state index is 0.173. The van der Waals surface area contributed by atoms with Gasteiger partial charge in [0.1, 0.15) is 6.04 Å². The minimum Gasteiger partial charge on any atom is -0.454 e. The van der Waals surface area contributed by atoms with Crippen LogP contribution in [0.25, 0.3) is 11.4 Å². The summed E-state index contributed by atoms with van der Waals surface area (Å²) in [5.41, 5.74) is 1.13. The van der Waals surface area contributed by atoms with Crippen molar-refractivity contribution in [1.82, 2.24) is 15.5 Å². The molecule has 10 heteroatoms. The molecule has 1 atom stereocenters. The van der Waals surface area contributed by atoms with Gasteiger partial charge in [-0.05, 0) is 42.0 Å². The lowest BCUT2D eigenvalue weighted by Gasteiger charge is -2.17. The van der Waals surface area contributed by atoms with Crippen LogP contribution in [-0.4, -0.2) is 40.1 Å². The summed E-state index contributed by atoms with van der Waals surface area (Å²) in [5.74, 6) is 0.278. The minimum atomic E-state index is -0.814. The summed E-state index contributed by atoms with van der Waals surface area (Å²) >= 11 is 9.15. The number of nitrogens with one attached hydrogen (secondary N) is 1. The number of ether oxygens (including phenoxy) is 1. The van der Waals surface area contributed by atoms with E-state index < -0.39 is 17.9 Å². The van der Waals surface area contributed by atoms with Crippen LogP contribution in [0.15, 0.2) is 45.6 Å². The first kappa shape index (κ1) is 21.4. The molecule has 1 amide bonds. The summed E-state index contributed by atoms with van der Waals surface area (Å²) < 4.78 is 10.4.